The van der Waals surface area contributed by atoms with Crippen LogP contribution in [0.3, 0.4) is 0 Å². The van der Waals surface area contributed by atoms with Gasteiger partial charge in [0.1, 0.15) is 30.0 Å². The van der Waals surface area contributed by atoms with Crippen LogP contribution in [0.1, 0.15) is 33.6 Å². The minimum atomic E-state index is -0.466. The molecule has 0 radical (unpaired) electrons. The molecule has 0 aliphatic carbocycles. The summed E-state index contributed by atoms with van der Waals surface area (Å²) in [6.07, 6.45) is 8.65. The van der Waals surface area contributed by atoms with Crippen LogP contribution in [0.4, 0.5) is 22.1 Å². The largest absolute Gasteiger partial charge is 0.373 e. The van der Waals surface area contributed by atoms with Gasteiger partial charge in [-0.25, -0.2) is 14.8 Å². The molecule has 2 aromatic heterocycles. The smallest absolute Gasteiger partial charge is 0.328 e. The molecule has 4 heterocycles. The lowest BCUT2D eigenvalue weighted by atomic mass is 10.0. The number of nitriles is 1. The number of fused-ring (bicyclic) bond motifs is 1. The fourth-order valence-electron chi connectivity index (χ4n) is 3.99. The van der Waals surface area contributed by atoms with Gasteiger partial charge in [-0.2, -0.15) is 5.26 Å². The monoisotopic (exact) mass is 473 g/mol. The fourth-order valence-corrected chi connectivity index (χ4v) is 3.99. The lowest BCUT2D eigenvalue weighted by molar-refractivity contribution is -0.143. The summed E-state index contributed by atoms with van der Waals surface area (Å²) in [5.41, 5.74) is 2.38. The molecule has 0 unspecified atom stereocenters. The number of aromatic nitrogens is 2. The molecule has 11 nitrogen and oxygen atoms in total. The Morgan fingerprint density at radius 3 is 2.94 bits per heavy atom. The van der Waals surface area contributed by atoms with Crippen molar-refractivity contribution in [2.24, 2.45) is 0 Å². The van der Waals surface area contributed by atoms with Crippen molar-refractivity contribution in [2.45, 2.75) is 19.4 Å². The summed E-state index contributed by atoms with van der Waals surface area (Å²) in [5.74, 6) is 2.92. The Bertz CT molecular complexity index is 1250. The second kappa shape index (κ2) is 10.6. The third-order valence-electron chi connectivity index (χ3n) is 5.72. The van der Waals surface area contributed by atoms with E-state index in [2.05, 4.69) is 26.5 Å². The Kier molecular flexibility index (Phi) is 7.19. The van der Waals surface area contributed by atoms with E-state index in [9.17, 15) is 19.6 Å². The molecule has 0 bridgehead atoms. The summed E-state index contributed by atoms with van der Waals surface area (Å²) in [5, 5.41) is 14.9. The normalized spacial score (nSPS) is 15.0. The van der Waals surface area contributed by atoms with Gasteiger partial charge in [0.05, 0.1) is 24.4 Å². The van der Waals surface area contributed by atoms with Crippen LogP contribution in [0.25, 0.3) is 0 Å². The molecule has 2 aliphatic rings. The molecule has 1 saturated heterocycles. The van der Waals surface area contributed by atoms with E-state index in [0.717, 1.165) is 5.56 Å². The van der Waals surface area contributed by atoms with E-state index < -0.39 is 6.03 Å². The van der Waals surface area contributed by atoms with E-state index in [4.69, 9.17) is 11.2 Å². The molecule has 2 aromatic rings. The third kappa shape index (κ3) is 5.21. The molecular weight excluding hydrogens is 450 g/mol. The number of nitrogens with one attached hydrogen (secondary N) is 2. The molecule has 178 valence electrons. The first kappa shape index (κ1) is 23.7. The van der Waals surface area contributed by atoms with E-state index in [-0.39, 0.29) is 37.1 Å². The van der Waals surface area contributed by atoms with Crippen LogP contribution >= 0.6 is 0 Å². The minimum Gasteiger partial charge on any atom is -0.373 e. The zero-order valence-corrected chi connectivity index (χ0v) is 18.9. The Morgan fingerprint density at radius 1 is 1.34 bits per heavy atom. The van der Waals surface area contributed by atoms with E-state index in [1.165, 1.54) is 17.2 Å². The second-order valence-electron chi connectivity index (χ2n) is 7.97. The Hall–Kier alpha value is -4.48. The zero-order valence-electron chi connectivity index (χ0n) is 18.9. The Morgan fingerprint density at radius 2 is 2.20 bits per heavy atom. The van der Waals surface area contributed by atoms with Crippen molar-refractivity contribution in [3.05, 3.63) is 40.7 Å². The molecule has 0 aromatic carbocycles. The number of pyridine rings is 2. The van der Waals surface area contributed by atoms with Crippen molar-refractivity contribution in [3.63, 3.8) is 0 Å². The van der Waals surface area contributed by atoms with Crippen LogP contribution in [-0.4, -0.2) is 65.9 Å². The number of aldehydes is 1. The predicted octanol–water partition coefficient (Wildman–Crippen LogP) is 1.55. The summed E-state index contributed by atoms with van der Waals surface area (Å²) in [6, 6.07) is 4.93. The van der Waals surface area contributed by atoms with Crippen molar-refractivity contribution in [3.8, 4) is 18.4 Å². The number of carbonyl (C=O) groups excluding carboxylic acids is 3. The van der Waals surface area contributed by atoms with Crippen LogP contribution in [0.2, 0.25) is 0 Å². The number of nitrogens with zero attached hydrogens (tertiary/aromatic N) is 5. The van der Waals surface area contributed by atoms with Crippen molar-refractivity contribution < 1.29 is 19.1 Å². The van der Waals surface area contributed by atoms with E-state index in [1.54, 1.807) is 4.90 Å². The lowest BCUT2D eigenvalue weighted by Gasteiger charge is -2.30. The van der Waals surface area contributed by atoms with Crippen LogP contribution in [0.5, 0.6) is 0 Å². The van der Waals surface area contributed by atoms with Crippen LogP contribution in [0, 0.1) is 23.7 Å². The second-order valence-corrected chi connectivity index (χ2v) is 7.97. The first-order valence-corrected chi connectivity index (χ1v) is 11.0. The topological polar surface area (TPSA) is 141 Å². The summed E-state index contributed by atoms with van der Waals surface area (Å²) >= 11 is 0. The van der Waals surface area contributed by atoms with Crippen LogP contribution in [0.15, 0.2) is 18.3 Å². The standard InChI is InChI=1S/C24H23N7O4/c1-2-5-26-19-10-21(27-12-18(19)11-25)29-24(34)31-6-3-4-16-9-17(20(14-32)28-23(16)31)13-30-7-8-35-15-22(30)33/h1,9-10,12,14H,3-8,13,15H2,(H2,26,27,29,34). The highest BCUT2D eigenvalue weighted by Crippen LogP contribution is 2.29. The summed E-state index contributed by atoms with van der Waals surface area (Å²) in [6.45, 7) is 1.78. The number of ether oxygens (including phenoxy) is 1. The summed E-state index contributed by atoms with van der Waals surface area (Å²) < 4.78 is 5.16. The Labute approximate surface area is 202 Å². The summed E-state index contributed by atoms with van der Waals surface area (Å²) in [4.78, 5) is 48.8. The third-order valence-corrected chi connectivity index (χ3v) is 5.72. The molecule has 0 spiro atoms. The van der Waals surface area contributed by atoms with E-state index in [1.807, 2.05) is 12.1 Å². The van der Waals surface area contributed by atoms with Gasteiger partial charge in [0.2, 0.25) is 5.91 Å². The average molecular weight is 473 g/mol. The number of urea groups is 1. The fraction of sp³-hybridized carbons (Fsp3) is 0.333. The molecule has 11 heteroatoms. The average Bonchev–Trinajstić information content (AvgIpc) is 2.88. The van der Waals surface area contributed by atoms with Gasteiger partial charge in [-0.05, 0) is 24.5 Å². The highest BCUT2D eigenvalue weighted by molar-refractivity contribution is 6.01. The van der Waals surface area contributed by atoms with Crippen molar-refractivity contribution in [1.82, 2.24) is 14.9 Å². The molecular formula is C24H23N7O4. The van der Waals surface area contributed by atoms with Gasteiger partial charge in [-0.1, -0.05) is 5.92 Å². The van der Waals surface area contributed by atoms with Gasteiger partial charge >= 0.3 is 6.03 Å². The molecule has 35 heavy (non-hydrogen) atoms. The maximum absolute atomic E-state index is 13.1. The number of hydrogen-bond donors (Lipinski definition) is 2. The number of anilines is 3. The minimum absolute atomic E-state index is 0.0199. The number of morpholine rings is 1. The van der Waals surface area contributed by atoms with Crippen molar-refractivity contribution in [1.29, 1.82) is 5.26 Å². The highest BCUT2D eigenvalue weighted by atomic mass is 16.5. The van der Waals surface area contributed by atoms with E-state index >= 15 is 0 Å². The number of rotatable bonds is 6. The molecule has 4 rings (SSSR count). The number of carbonyl (C=O) groups is 3. The SMILES string of the molecule is C#CCNc1cc(NC(=O)N2CCCc3cc(CN4CCOCC4=O)c(C=O)nc32)ncc1C#N. The molecule has 0 atom stereocenters. The molecule has 3 amide bonds. The van der Waals surface area contributed by atoms with Crippen LogP contribution in [-0.2, 0) is 22.5 Å². The van der Waals surface area contributed by atoms with Gasteiger partial charge in [-0.15, -0.1) is 6.42 Å². The predicted molar refractivity (Wildman–Crippen MR) is 127 cm³/mol. The first-order valence-electron chi connectivity index (χ1n) is 11.0. The van der Waals surface area contributed by atoms with Crippen molar-refractivity contribution in [2.75, 3.05) is 48.4 Å². The Balaban J connectivity index is 1.56. The number of amides is 3. The molecule has 2 N–H and O–H groups in total. The van der Waals surface area contributed by atoms with E-state index in [0.29, 0.717) is 61.5 Å². The number of terminal acetylenes is 1. The number of hydrogen-bond acceptors (Lipinski definition) is 8. The summed E-state index contributed by atoms with van der Waals surface area (Å²) in [7, 11) is 0. The van der Waals surface area contributed by atoms with Gasteiger partial charge in [0, 0.05) is 37.5 Å². The maximum atomic E-state index is 13.1. The molecule has 2 aliphatic heterocycles. The highest BCUT2D eigenvalue weighted by Gasteiger charge is 2.27. The zero-order chi connectivity index (χ0) is 24.8. The maximum Gasteiger partial charge on any atom is 0.328 e. The van der Waals surface area contributed by atoms with Gasteiger partial charge < -0.3 is 15.0 Å². The first-order chi connectivity index (χ1) is 17.0. The van der Waals surface area contributed by atoms with Crippen molar-refractivity contribution >= 4 is 35.5 Å². The van der Waals surface area contributed by atoms with Gasteiger partial charge in [-0.3, -0.25) is 19.8 Å². The van der Waals surface area contributed by atoms with Crippen LogP contribution < -0.4 is 15.5 Å². The quantitative estimate of drug-likeness (QED) is 0.476. The molecule has 0 saturated carbocycles. The van der Waals surface area contributed by atoms with Gasteiger partial charge in [0.15, 0.2) is 6.29 Å². The lowest BCUT2D eigenvalue weighted by Crippen LogP contribution is -2.42. The van der Waals surface area contributed by atoms with Gasteiger partial charge in [0.25, 0.3) is 0 Å². The number of aryl methyl sites for hydroxylation is 1. The molecule has 1 fully saturated rings.